The van der Waals surface area contributed by atoms with Gasteiger partial charge in [0.2, 0.25) is 15.9 Å². The molecule has 1 aromatic carbocycles. The molecule has 0 saturated carbocycles. The Bertz CT molecular complexity index is 956. The Kier molecular flexibility index (Phi) is 5.85. The first-order chi connectivity index (χ1) is 12.8. The summed E-state index contributed by atoms with van der Waals surface area (Å²) in [5.74, 6) is -1.04. The van der Waals surface area contributed by atoms with Gasteiger partial charge in [-0.2, -0.15) is 4.31 Å². The van der Waals surface area contributed by atoms with Crippen LogP contribution in [0.3, 0.4) is 0 Å². The SMILES string of the molecule is COC(=O)c1ccsc1NC(=O)C1CCCN1S(=O)(=O)c1ccc(Cl)cc1. The third kappa shape index (κ3) is 4.01. The lowest BCUT2D eigenvalue weighted by Gasteiger charge is -2.23. The lowest BCUT2D eigenvalue weighted by molar-refractivity contribution is -0.119. The molecule has 1 saturated heterocycles. The van der Waals surface area contributed by atoms with Crippen molar-refractivity contribution in [2.24, 2.45) is 0 Å². The average molecular weight is 429 g/mol. The van der Waals surface area contributed by atoms with Gasteiger partial charge in [-0.3, -0.25) is 4.79 Å². The zero-order chi connectivity index (χ0) is 19.6. The summed E-state index contributed by atoms with van der Waals surface area (Å²) in [5.41, 5.74) is 0.237. The van der Waals surface area contributed by atoms with Crippen LogP contribution < -0.4 is 5.32 Å². The summed E-state index contributed by atoms with van der Waals surface area (Å²) in [6.07, 6.45) is 0.969. The van der Waals surface area contributed by atoms with Gasteiger partial charge < -0.3 is 10.1 Å². The lowest BCUT2D eigenvalue weighted by atomic mass is 10.2. The highest BCUT2D eigenvalue weighted by Crippen LogP contribution is 2.29. The van der Waals surface area contributed by atoms with Crippen LogP contribution >= 0.6 is 22.9 Å². The number of benzene rings is 1. The van der Waals surface area contributed by atoms with Gasteiger partial charge in [0.15, 0.2) is 0 Å². The molecule has 144 valence electrons. The topological polar surface area (TPSA) is 92.8 Å². The fourth-order valence-electron chi connectivity index (χ4n) is 2.90. The third-order valence-corrected chi connectivity index (χ3v) is 7.24. The maximum atomic E-state index is 12.9. The first-order valence-corrected chi connectivity index (χ1v) is 10.8. The number of anilines is 1. The molecular formula is C17H17ClN2O5S2. The van der Waals surface area contributed by atoms with E-state index < -0.39 is 27.9 Å². The quantitative estimate of drug-likeness (QED) is 0.739. The number of carbonyl (C=O) groups excluding carboxylic acids is 2. The van der Waals surface area contributed by atoms with Crippen LogP contribution in [-0.2, 0) is 19.6 Å². The monoisotopic (exact) mass is 428 g/mol. The van der Waals surface area contributed by atoms with Gasteiger partial charge in [0.1, 0.15) is 11.0 Å². The van der Waals surface area contributed by atoms with Crippen molar-refractivity contribution in [1.29, 1.82) is 0 Å². The molecule has 0 bridgehead atoms. The van der Waals surface area contributed by atoms with Gasteiger partial charge in [-0.05, 0) is 48.6 Å². The van der Waals surface area contributed by atoms with E-state index in [0.717, 1.165) is 0 Å². The third-order valence-electron chi connectivity index (χ3n) is 4.23. The molecule has 1 atom stereocenters. The zero-order valence-corrected chi connectivity index (χ0v) is 16.7. The van der Waals surface area contributed by atoms with Crippen LogP contribution in [0.2, 0.25) is 5.02 Å². The fraction of sp³-hybridized carbons (Fsp3) is 0.294. The number of methoxy groups -OCH3 is 1. The number of thiophene rings is 1. The van der Waals surface area contributed by atoms with Gasteiger partial charge in [-0.15, -0.1) is 11.3 Å². The second-order valence-electron chi connectivity index (χ2n) is 5.87. The minimum Gasteiger partial charge on any atom is -0.465 e. The van der Waals surface area contributed by atoms with Crippen LogP contribution in [0.5, 0.6) is 0 Å². The molecule has 1 aromatic heterocycles. The highest BCUT2D eigenvalue weighted by molar-refractivity contribution is 7.89. The highest BCUT2D eigenvalue weighted by atomic mass is 35.5. The standard InChI is InChI=1S/C17H17ClN2O5S2/c1-25-17(22)13-8-10-26-16(13)19-15(21)14-3-2-9-20(14)27(23,24)12-6-4-11(18)5-7-12/h4-8,10,14H,2-3,9H2,1H3,(H,19,21). The van der Waals surface area contributed by atoms with E-state index in [0.29, 0.717) is 22.9 Å². The summed E-state index contributed by atoms with van der Waals surface area (Å²) < 4.78 is 31.7. The summed E-state index contributed by atoms with van der Waals surface area (Å²) in [6, 6.07) is 6.52. The smallest absolute Gasteiger partial charge is 0.340 e. The number of halogens is 1. The van der Waals surface area contributed by atoms with Crippen molar-refractivity contribution in [3.05, 3.63) is 46.3 Å². The van der Waals surface area contributed by atoms with Crippen molar-refractivity contribution >= 4 is 49.8 Å². The molecule has 1 aliphatic heterocycles. The predicted octanol–water partition coefficient (Wildman–Crippen LogP) is 2.98. The molecule has 0 aliphatic carbocycles. The first kappa shape index (κ1) is 19.8. The summed E-state index contributed by atoms with van der Waals surface area (Å²) in [4.78, 5) is 24.6. The van der Waals surface area contributed by atoms with Crippen LogP contribution in [-0.4, -0.2) is 44.3 Å². The zero-order valence-electron chi connectivity index (χ0n) is 14.3. The number of nitrogens with one attached hydrogen (secondary N) is 1. The van der Waals surface area contributed by atoms with E-state index in [1.54, 1.807) is 11.4 Å². The highest BCUT2D eigenvalue weighted by Gasteiger charge is 2.39. The number of carbonyl (C=O) groups is 2. The van der Waals surface area contributed by atoms with Crippen LogP contribution in [0.4, 0.5) is 5.00 Å². The molecule has 2 heterocycles. The summed E-state index contributed by atoms with van der Waals surface area (Å²) >= 11 is 6.99. The number of hydrogen-bond acceptors (Lipinski definition) is 6. The number of esters is 1. The van der Waals surface area contributed by atoms with E-state index in [4.69, 9.17) is 11.6 Å². The van der Waals surface area contributed by atoms with Gasteiger partial charge >= 0.3 is 5.97 Å². The Labute approximate surface area is 165 Å². The van der Waals surface area contributed by atoms with Crippen LogP contribution in [0, 0.1) is 0 Å². The van der Waals surface area contributed by atoms with Gasteiger partial charge in [-0.1, -0.05) is 11.6 Å². The maximum Gasteiger partial charge on any atom is 0.340 e. The second-order valence-corrected chi connectivity index (χ2v) is 9.12. The number of rotatable bonds is 5. The molecule has 0 radical (unpaired) electrons. The van der Waals surface area contributed by atoms with Gasteiger partial charge in [0.25, 0.3) is 0 Å². The Morgan fingerprint density at radius 2 is 1.96 bits per heavy atom. The predicted molar refractivity (Wildman–Crippen MR) is 103 cm³/mol. The molecule has 1 unspecified atom stereocenters. The van der Waals surface area contributed by atoms with Crippen LogP contribution in [0.1, 0.15) is 23.2 Å². The molecule has 3 rings (SSSR count). The molecule has 1 aliphatic rings. The number of sulfonamides is 1. The van der Waals surface area contributed by atoms with Gasteiger partial charge in [0.05, 0.1) is 17.6 Å². The van der Waals surface area contributed by atoms with Crippen LogP contribution in [0.15, 0.2) is 40.6 Å². The van der Waals surface area contributed by atoms with Crippen molar-refractivity contribution in [2.75, 3.05) is 19.0 Å². The van der Waals surface area contributed by atoms with E-state index in [-0.39, 0.29) is 17.0 Å². The van der Waals surface area contributed by atoms with Gasteiger partial charge in [-0.25, -0.2) is 13.2 Å². The molecule has 10 heteroatoms. The van der Waals surface area contributed by atoms with E-state index in [1.807, 2.05) is 0 Å². The first-order valence-electron chi connectivity index (χ1n) is 8.08. The lowest BCUT2D eigenvalue weighted by Crippen LogP contribution is -2.43. The number of amides is 1. The normalized spacial score (nSPS) is 17.6. The Hall–Kier alpha value is -1.94. The molecular weight excluding hydrogens is 412 g/mol. The number of ether oxygens (including phenoxy) is 1. The van der Waals surface area contributed by atoms with E-state index in [2.05, 4.69) is 10.1 Å². The number of hydrogen-bond donors (Lipinski definition) is 1. The van der Waals surface area contributed by atoms with Crippen molar-refractivity contribution in [1.82, 2.24) is 4.31 Å². The van der Waals surface area contributed by atoms with Crippen molar-refractivity contribution < 1.29 is 22.7 Å². The van der Waals surface area contributed by atoms with E-state index in [1.165, 1.54) is 47.0 Å². The molecule has 0 spiro atoms. The summed E-state index contributed by atoms with van der Waals surface area (Å²) in [6.45, 7) is 0.247. The Morgan fingerprint density at radius 3 is 2.63 bits per heavy atom. The van der Waals surface area contributed by atoms with Crippen LogP contribution in [0.25, 0.3) is 0 Å². The largest absolute Gasteiger partial charge is 0.465 e. The molecule has 1 N–H and O–H groups in total. The summed E-state index contributed by atoms with van der Waals surface area (Å²) in [7, 11) is -2.58. The molecule has 1 fully saturated rings. The maximum absolute atomic E-state index is 12.9. The Balaban J connectivity index is 1.82. The van der Waals surface area contributed by atoms with Gasteiger partial charge in [0, 0.05) is 11.6 Å². The van der Waals surface area contributed by atoms with Crippen molar-refractivity contribution in [3.8, 4) is 0 Å². The minimum absolute atomic E-state index is 0.0815. The molecule has 7 nitrogen and oxygen atoms in total. The Morgan fingerprint density at radius 1 is 1.26 bits per heavy atom. The van der Waals surface area contributed by atoms with E-state index in [9.17, 15) is 18.0 Å². The van der Waals surface area contributed by atoms with Crippen molar-refractivity contribution in [3.63, 3.8) is 0 Å². The van der Waals surface area contributed by atoms with Crippen molar-refractivity contribution in [2.45, 2.75) is 23.8 Å². The average Bonchev–Trinajstić information content (AvgIpc) is 3.31. The molecule has 2 aromatic rings. The minimum atomic E-state index is -3.83. The van der Waals surface area contributed by atoms with E-state index >= 15 is 0 Å². The summed E-state index contributed by atoms with van der Waals surface area (Å²) in [5, 5.41) is 5.08. The molecule has 1 amide bonds. The number of nitrogens with zero attached hydrogens (tertiary/aromatic N) is 1. The molecule has 27 heavy (non-hydrogen) atoms. The fourth-order valence-corrected chi connectivity index (χ4v) is 5.46. The second kappa shape index (κ2) is 7.97.